The maximum atomic E-state index is 12.6. The zero-order valence-corrected chi connectivity index (χ0v) is 15.8. The molecule has 2 aliphatic rings. The number of hydrogen-bond acceptors (Lipinski definition) is 7. The first-order valence-corrected chi connectivity index (χ1v) is 8.45. The molecular formula is C20H22O7. The van der Waals surface area contributed by atoms with E-state index in [0.29, 0.717) is 24.3 Å². The van der Waals surface area contributed by atoms with Gasteiger partial charge in [0.25, 0.3) is 0 Å². The van der Waals surface area contributed by atoms with E-state index in [9.17, 15) is 9.59 Å². The molecule has 0 radical (unpaired) electrons. The van der Waals surface area contributed by atoms with E-state index in [1.165, 1.54) is 28.4 Å². The van der Waals surface area contributed by atoms with E-state index in [1.54, 1.807) is 18.2 Å². The van der Waals surface area contributed by atoms with Gasteiger partial charge in [-0.15, -0.1) is 6.58 Å². The molecule has 2 unspecified atom stereocenters. The lowest BCUT2D eigenvalue weighted by Crippen LogP contribution is -2.32. The van der Waals surface area contributed by atoms with Gasteiger partial charge in [-0.3, -0.25) is 0 Å². The monoisotopic (exact) mass is 374 g/mol. The molecule has 27 heavy (non-hydrogen) atoms. The maximum Gasteiger partial charge on any atom is 0.337 e. The summed E-state index contributed by atoms with van der Waals surface area (Å²) >= 11 is 0. The number of methoxy groups -OCH3 is 4. The lowest BCUT2D eigenvalue weighted by Gasteiger charge is -2.29. The quantitative estimate of drug-likeness (QED) is 0.536. The van der Waals surface area contributed by atoms with Gasteiger partial charge in [-0.1, -0.05) is 6.08 Å². The first-order valence-electron chi connectivity index (χ1n) is 8.45. The van der Waals surface area contributed by atoms with Crippen LogP contribution in [0.3, 0.4) is 0 Å². The molecule has 2 atom stereocenters. The second kappa shape index (κ2) is 7.08. The minimum Gasteiger partial charge on any atom is -0.493 e. The molecule has 144 valence electrons. The summed E-state index contributed by atoms with van der Waals surface area (Å²) in [5, 5.41) is 0. The van der Waals surface area contributed by atoms with Crippen LogP contribution in [0, 0.1) is 0 Å². The van der Waals surface area contributed by atoms with Crippen LogP contribution in [0.2, 0.25) is 0 Å². The molecule has 2 heterocycles. The van der Waals surface area contributed by atoms with Crippen LogP contribution in [0.4, 0.5) is 0 Å². The number of hydrogen-bond donors (Lipinski definition) is 0. The van der Waals surface area contributed by atoms with Crippen molar-refractivity contribution in [3.05, 3.63) is 47.1 Å². The second-order valence-electron chi connectivity index (χ2n) is 6.22. The predicted octanol–water partition coefficient (Wildman–Crippen LogP) is 2.59. The molecule has 1 aromatic carbocycles. The highest BCUT2D eigenvalue weighted by Crippen LogP contribution is 2.61. The third-order valence-corrected chi connectivity index (χ3v) is 5.02. The highest BCUT2D eigenvalue weighted by molar-refractivity contribution is 6.05. The van der Waals surface area contributed by atoms with E-state index in [4.69, 9.17) is 23.7 Å². The van der Waals surface area contributed by atoms with Crippen LogP contribution in [-0.2, 0) is 29.4 Å². The Labute approximate surface area is 157 Å². The van der Waals surface area contributed by atoms with E-state index in [0.717, 1.165) is 11.1 Å². The zero-order valence-electron chi connectivity index (χ0n) is 15.8. The van der Waals surface area contributed by atoms with E-state index < -0.39 is 23.6 Å². The van der Waals surface area contributed by atoms with Crippen LogP contribution in [0.1, 0.15) is 30.1 Å². The van der Waals surface area contributed by atoms with E-state index in [-0.39, 0.29) is 11.1 Å². The summed E-state index contributed by atoms with van der Waals surface area (Å²) in [7, 11) is 5.60. The average Bonchev–Trinajstić information content (AvgIpc) is 3.21. The summed E-state index contributed by atoms with van der Waals surface area (Å²) in [6, 6.07) is 3.56. The molecule has 2 aliphatic heterocycles. The minimum absolute atomic E-state index is 0.160. The third-order valence-electron chi connectivity index (χ3n) is 5.02. The van der Waals surface area contributed by atoms with Crippen LogP contribution < -0.4 is 9.47 Å². The standard InChI is InChI=1S/C20H22O7/c1-6-7-8-20-12-10-14(24-3)13(23-2)9-11(12)17(27-20)15(18(21)25-4)16(20)19(22)26-5/h6,9-10,17H,1,7-8H2,2-5H3. The van der Waals surface area contributed by atoms with Crippen molar-refractivity contribution in [1.29, 1.82) is 0 Å². The number of benzene rings is 1. The second-order valence-corrected chi connectivity index (χ2v) is 6.22. The molecule has 7 heteroatoms. The number of rotatable bonds is 7. The predicted molar refractivity (Wildman–Crippen MR) is 95.5 cm³/mol. The van der Waals surface area contributed by atoms with Gasteiger partial charge in [-0.05, 0) is 36.1 Å². The van der Waals surface area contributed by atoms with E-state index >= 15 is 0 Å². The first-order chi connectivity index (χ1) is 13.0. The summed E-state index contributed by atoms with van der Waals surface area (Å²) in [5.41, 5.74) is 0.686. The molecule has 1 aromatic rings. The maximum absolute atomic E-state index is 12.6. The Kier molecular flexibility index (Phi) is 4.97. The summed E-state index contributed by atoms with van der Waals surface area (Å²) in [5.74, 6) is -0.229. The van der Waals surface area contributed by atoms with Gasteiger partial charge in [-0.2, -0.15) is 0 Å². The van der Waals surface area contributed by atoms with Crippen LogP contribution >= 0.6 is 0 Å². The van der Waals surface area contributed by atoms with Gasteiger partial charge in [0.1, 0.15) is 11.7 Å². The van der Waals surface area contributed by atoms with Crippen molar-refractivity contribution in [1.82, 2.24) is 0 Å². The van der Waals surface area contributed by atoms with Crippen LogP contribution in [0.5, 0.6) is 11.5 Å². The number of carbonyl (C=O) groups is 2. The SMILES string of the molecule is C=CCCC12OC(C(C(=O)OC)=C1C(=O)OC)c1cc(OC)c(OC)cc12. The molecule has 2 bridgehead atoms. The zero-order chi connectivity index (χ0) is 19.8. The van der Waals surface area contributed by atoms with Gasteiger partial charge in [0, 0.05) is 0 Å². The van der Waals surface area contributed by atoms with Gasteiger partial charge in [0.2, 0.25) is 0 Å². The van der Waals surface area contributed by atoms with Gasteiger partial charge in [0.05, 0.1) is 39.6 Å². The van der Waals surface area contributed by atoms with Gasteiger partial charge in [-0.25, -0.2) is 9.59 Å². The van der Waals surface area contributed by atoms with E-state index in [1.807, 2.05) is 0 Å². The van der Waals surface area contributed by atoms with Gasteiger partial charge >= 0.3 is 11.9 Å². The Morgan fingerprint density at radius 3 is 2.30 bits per heavy atom. The molecule has 0 N–H and O–H groups in total. The van der Waals surface area contributed by atoms with Crippen molar-refractivity contribution in [2.75, 3.05) is 28.4 Å². The van der Waals surface area contributed by atoms with Crippen molar-refractivity contribution in [3.8, 4) is 11.5 Å². The molecule has 7 nitrogen and oxygen atoms in total. The van der Waals surface area contributed by atoms with Crippen LogP contribution in [-0.4, -0.2) is 40.4 Å². The minimum atomic E-state index is -1.13. The topological polar surface area (TPSA) is 80.3 Å². The molecule has 3 rings (SSSR count). The van der Waals surface area contributed by atoms with Crippen molar-refractivity contribution >= 4 is 11.9 Å². The Bertz CT molecular complexity index is 839. The van der Waals surface area contributed by atoms with E-state index in [2.05, 4.69) is 6.58 Å². The molecule has 0 spiro atoms. The number of ether oxygens (including phenoxy) is 5. The molecule has 0 aliphatic carbocycles. The van der Waals surface area contributed by atoms with Crippen molar-refractivity contribution in [3.63, 3.8) is 0 Å². The summed E-state index contributed by atoms with van der Waals surface area (Å²) in [6.07, 6.45) is 1.97. The third kappa shape index (κ3) is 2.61. The normalized spacial score (nSPS) is 22.3. The fraction of sp³-hybridized carbons (Fsp3) is 0.400. The molecule has 0 saturated heterocycles. The molecule has 0 fully saturated rings. The average molecular weight is 374 g/mol. The molecule has 0 saturated carbocycles. The fourth-order valence-corrected chi connectivity index (χ4v) is 3.87. The highest BCUT2D eigenvalue weighted by atomic mass is 16.6. The molecular weight excluding hydrogens is 352 g/mol. The summed E-state index contributed by atoms with van der Waals surface area (Å²) < 4.78 is 26.9. The largest absolute Gasteiger partial charge is 0.493 e. The number of allylic oxidation sites excluding steroid dienone is 1. The van der Waals surface area contributed by atoms with Crippen molar-refractivity contribution in [2.24, 2.45) is 0 Å². The number of fused-ring (bicyclic) bond motifs is 5. The van der Waals surface area contributed by atoms with Crippen LogP contribution in [0.15, 0.2) is 35.9 Å². The Morgan fingerprint density at radius 1 is 1.11 bits per heavy atom. The smallest absolute Gasteiger partial charge is 0.337 e. The molecule has 0 amide bonds. The van der Waals surface area contributed by atoms with Gasteiger partial charge in [0.15, 0.2) is 11.5 Å². The fourth-order valence-electron chi connectivity index (χ4n) is 3.87. The lowest BCUT2D eigenvalue weighted by atomic mass is 9.75. The van der Waals surface area contributed by atoms with Crippen LogP contribution in [0.25, 0.3) is 0 Å². The summed E-state index contributed by atoms with van der Waals surface area (Å²) in [4.78, 5) is 25.1. The highest BCUT2D eigenvalue weighted by Gasteiger charge is 2.60. The number of esters is 2. The lowest BCUT2D eigenvalue weighted by molar-refractivity contribution is -0.140. The molecule has 0 aromatic heterocycles. The Balaban J connectivity index is 2.30. The first kappa shape index (κ1) is 19.0. The van der Waals surface area contributed by atoms with Crippen molar-refractivity contribution in [2.45, 2.75) is 24.5 Å². The number of carbonyl (C=O) groups excluding carboxylic acids is 2. The summed E-state index contributed by atoms with van der Waals surface area (Å²) in [6.45, 7) is 3.75. The van der Waals surface area contributed by atoms with Gasteiger partial charge < -0.3 is 23.7 Å². The Hall–Kier alpha value is -2.80. The Morgan fingerprint density at radius 2 is 1.74 bits per heavy atom. The van der Waals surface area contributed by atoms with Crippen molar-refractivity contribution < 1.29 is 33.3 Å².